The summed E-state index contributed by atoms with van der Waals surface area (Å²) in [5, 5.41) is 15.5. The number of Topliss-reactive ketones (excluding diaryl/α,β-unsaturated/α-hetero) is 1. The van der Waals surface area contributed by atoms with E-state index in [2.05, 4.69) is 30.6 Å². The number of carbonyl (C=O) groups is 5. The Bertz CT molecular complexity index is 4800. The lowest BCUT2D eigenvalue weighted by molar-refractivity contribution is -0.153. The molecule has 3 unspecified atom stereocenters. The van der Waals surface area contributed by atoms with Gasteiger partial charge in [0.15, 0.2) is 21.0 Å². The first-order chi connectivity index (χ1) is 49.6. The molecule has 0 aliphatic carbocycles. The van der Waals surface area contributed by atoms with Crippen molar-refractivity contribution in [2.75, 3.05) is 65.4 Å². The maximum Gasteiger partial charge on any atom is 0.418 e. The number of carbonyl (C=O) groups excluding carboxylic acids is 5. The third-order valence-electron chi connectivity index (χ3n) is 16.9. The molecule has 6 atom stereocenters. The number of esters is 1. The molecule has 5 heterocycles. The molecule has 1 fully saturated rings. The quantitative estimate of drug-likeness (QED) is 0.0129. The molecule has 4 N–H and O–H groups in total. The van der Waals surface area contributed by atoms with Gasteiger partial charge in [-0.25, -0.2) is 23.0 Å². The first kappa shape index (κ1) is 75.0. The van der Waals surface area contributed by atoms with E-state index in [4.69, 9.17) is 46.7 Å². The highest BCUT2D eigenvalue weighted by Gasteiger charge is 2.43. The van der Waals surface area contributed by atoms with E-state index in [0.717, 1.165) is 0 Å². The molecule has 0 saturated carbocycles. The number of aryl methyl sites for hydroxylation is 1. The molecule has 5 aromatic carbocycles. The summed E-state index contributed by atoms with van der Waals surface area (Å²) in [6, 6.07) is 37.7. The number of rotatable bonds is 34. The first-order valence-corrected chi connectivity index (χ1v) is 35.3. The van der Waals surface area contributed by atoms with Gasteiger partial charge in [-0.3, -0.25) is 53.0 Å². The monoisotopic (exact) mass is 1450 g/mol. The van der Waals surface area contributed by atoms with Crippen molar-refractivity contribution in [3.63, 3.8) is 0 Å². The van der Waals surface area contributed by atoms with Gasteiger partial charge in [0.05, 0.1) is 95.0 Å². The molecule has 32 heteroatoms. The molecule has 1 aliphatic rings. The van der Waals surface area contributed by atoms with Gasteiger partial charge in [-0.05, 0) is 97.6 Å². The molecule has 30 nitrogen and oxygen atoms in total. The zero-order valence-corrected chi connectivity index (χ0v) is 58.6. The molecule has 4 aromatic heterocycles. The Morgan fingerprint density at radius 3 is 2.10 bits per heavy atom. The molecule has 2 amide bonds. The number of aromatic nitrogens is 7. The highest BCUT2D eigenvalue weighted by molar-refractivity contribution is 7.91. The minimum absolute atomic E-state index is 0.0285. The van der Waals surface area contributed by atoms with Crippen molar-refractivity contribution in [3.8, 4) is 23.3 Å². The number of methoxy groups -OCH3 is 3. The predicted molar refractivity (Wildman–Crippen MR) is 373 cm³/mol. The van der Waals surface area contributed by atoms with Gasteiger partial charge < -0.3 is 56.8 Å². The van der Waals surface area contributed by atoms with Crippen LogP contribution in [0.3, 0.4) is 0 Å². The van der Waals surface area contributed by atoms with Crippen molar-refractivity contribution >= 4 is 76.1 Å². The zero-order chi connectivity index (χ0) is 73.4. The molecule has 540 valence electrons. The molecule has 103 heavy (non-hydrogen) atoms. The van der Waals surface area contributed by atoms with E-state index < -0.39 is 114 Å². The van der Waals surface area contributed by atoms with E-state index in [1.807, 2.05) is 60.7 Å². The van der Waals surface area contributed by atoms with E-state index in [1.165, 1.54) is 77.6 Å². The van der Waals surface area contributed by atoms with E-state index in [-0.39, 0.29) is 91.6 Å². The fourth-order valence-electron chi connectivity index (χ4n) is 11.5. The van der Waals surface area contributed by atoms with Gasteiger partial charge in [0.25, 0.3) is 11.1 Å². The number of ketones is 1. The molecular weight excluding hydrogens is 1380 g/mol. The molecular formula is C71H75N10O20PS. The SMILES string of the molecule is COc1ccc(C(OC[C@H](OP(OCCC#N)OC[C@H]2OC(n3cnc4c(=O)[nH]c(NC(=O)CCNC(=O)Cc5cn(C(=O)OCCS(=O)(=O)c6ccc(OC)cc6)c6ccccc56)nc43)C[C@H]2OC(=O)CCC(C)=O)C(C)n2cc(C)c(=O)[nH]c2=O)(c2ccccc2)c2ccc(OC)cc2)cc1. The molecule has 0 radical (unpaired) electrons. The minimum Gasteiger partial charge on any atom is -0.497 e. The second kappa shape index (κ2) is 34.3. The summed E-state index contributed by atoms with van der Waals surface area (Å²) in [5.74, 6) is -1.34. The van der Waals surface area contributed by atoms with Crippen molar-refractivity contribution < 1.29 is 79.1 Å². The number of ether oxygens (including phenoxy) is 7. The Labute approximate surface area is 591 Å². The summed E-state index contributed by atoms with van der Waals surface area (Å²) >= 11 is 0. The van der Waals surface area contributed by atoms with Crippen LogP contribution in [0.5, 0.6) is 17.2 Å². The molecule has 9 aromatic rings. The maximum absolute atomic E-state index is 13.8. The molecule has 1 aliphatic heterocycles. The van der Waals surface area contributed by atoms with E-state index >= 15 is 0 Å². The van der Waals surface area contributed by atoms with Crippen LogP contribution >= 0.6 is 8.60 Å². The molecule has 0 spiro atoms. The van der Waals surface area contributed by atoms with Crippen LogP contribution in [0.15, 0.2) is 165 Å². The zero-order valence-electron chi connectivity index (χ0n) is 56.9. The highest BCUT2D eigenvalue weighted by atomic mass is 32.2. The first-order valence-electron chi connectivity index (χ1n) is 32.5. The fraction of sp³-hybridized carbons (Fsp3) is 0.338. The number of nitrogens with zero attached hydrogens (tertiary/aromatic N) is 6. The number of fused-ring (bicyclic) bond motifs is 2. The second-order valence-corrected chi connectivity index (χ2v) is 27.0. The topological polar surface area (TPSA) is 383 Å². The number of benzene rings is 5. The Morgan fingerprint density at radius 2 is 1.44 bits per heavy atom. The van der Waals surface area contributed by atoms with Gasteiger partial charge in [0, 0.05) is 49.2 Å². The smallest absolute Gasteiger partial charge is 0.418 e. The lowest BCUT2D eigenvalue weighted by atomic mass is 9.80. The average Bonchev–Trinajstić information content (AvgIpc) is 1.45. The van der Waals surface area contributed by atoms with Crippen molar-refractivity contribution in [2.45, 2.75) is 100 Å². The summed E-state index contributed by atoms with van der Waals surface area (Å²) in [7, 11) is -1.84. The average molecular weight is 1450 g/mol. The van der Waals surface area contributed by atoms with Crippen LogP contribution in [0.2, 0.25) is 0 Å². The summed E-state index contributed by atoms with van der Waals surface area (Å²) in [4.78, 5) is 120. The number of H-pyrrole nitrogens is 2. The highest BCUT2D eigenvalue weighted by Crippen LogP contribution is 2.47. The van der Waals surface area contributed by atoms with Crippen LogP contribution in [0.4, 0.5) is 10.7 Å². The number of para-hydroxylation sites is 1. The number of hydrogen-bond donors (Lipinski definition) is 4. The number of amides is 2. The van der Waals surface area contributed by atoms with Crippen molar-refractivity contribution in [1.29, 1.82) is 5.26 Å². The van der Waals surface area contributed by atoms with Gasteiger partial charge in [0.1, 0.15) is 59.8 Å². The van der Waals surface area contributed by atoms with E-state index in [9.17, 15) is 52.0 Å². The van der Waals surface area contributed by atoms with Gasteiger partial charge in [-0.15, -0.1) is 0 Å². The summed E-state index contributed by atoms with van der Waals surface area (Å²) < 4.78 is 90.7. The lowest BCUT2D eigenvalue weighted by Crippen LogP contribution is -2.41. The number of nitrogens with one attached hydrogen (secondary N) is 4. The number of nitriles is 1. The third-order valence-corrected chi connectivity index (χ3v) is 19.8. The third kappa shape index (κ3) is 18.3. The van der Waals surface area contributed by atoms with E-state index in [0.29, 0.717) is 50.4 Å². The normalized spacial score (nSPS) is 15.4. The van der Waals surface area contributed by atoms with Crippen LogP contribution in [0.1, 0.15) is 86.0 Å². The van der Waals surface area contributed by atoms with Crippen molar-refractivity contribution in [3.05, 3.63) is 205 Å². The van der Waals surface area contributed by atoms with Crippen molar-refractivity contribution in [2.24, 2.45) is 0 Å². The Kier molecular flexibility index (Phi) is 25.0. The minimum atomic E-state index is -3.81. The predicted octanol–water partition coefficient (Wildman–Crippen LogP) is 7.80. The van der Waals surface area contributed by atoms with Crippen LogP contribution < -0.4 is 41.7 Å². The van der Waals surface area contributed by atoms with Crippen LogP contribution in [-0.2, 0) is 73.6 Å². The Morgan fingerprint density at radius 1 is 0.786 bits per heavy atom. The van der Waals surface area contributed by atoms with Crippen LogP contribution in [-0.4, -0.2) is 150 Å². The number of aromatic amines is 2. The fourth-order valence-corrected chi connectivity index (χ4v) is 13.7. The van der Waals surface area contributed by atoms with E-state index in [1.54, 1.807) is 69.7 Å². The number of sulfone groups is 1. The van der Waals surface area contributed by atoms with Gasteiger partial charge in [-0.2, -0.15) is 10.2 Å². The Balaban J connectivity index is 0.848. The van der Waals surface area contributed by atoms with Gasteiger partial charge >= 0.3 is 26.4 Å². The standard InChI is InChI=1S/C71H75N10O20PS/c1-44-39-79(69(88)78-66(44)86)46(3)58(41-96-71(48-13-8-7-9-14-48,49-18-22-51(92-4)23-19-49)50-20-24-52(93-5)25-21-50)101-102(97-34-12-32-72)98-42-59-57(100-63(85)30-17-45(2)82)38-62(99-59)81-43-74-64-65(81)76-68(77-67(64)87)75-60(83)31-33-73-61(84)37-47-40-80(56-16-11-10-15-55(47)56)70(89)95-35-36-103(90,91)54-28-26-53(94-6)27-29-54/h7-11,13-16,18-29,39-40,43,46,57-59,62H,12,17,30-31,33-38,41-42H2,1-6H3,(H,73,84)(H,78,86,88)(H2,75,76,77,83,87)/t46?,57-,58+,59-,62?,102?/m1/s1. The Hall–Kier alpha value is -10.7. The van der Waals surface area contributed by atoms with Crippen molar-refractivity contribution in [1.82, 2.24) is 39.0 Å². The van der Waals surface area contributed by atoms with Crippen LogP contribution in [0, 0.1) is 18.3 Å². The molecule has 1 saturated heterocycles. The van der Waals surface area contributed by atoms with Crippen LogP contribution in [0.25, 0.3) is 22.1 Å². The summed E-state index contributed by atoms with van der Waals surface area (Å²) in [6.07, 6.45) is -2.44. The summed E-state index contributed by atoms with van der Waals surface area (Å²) in [5.41, 5.74) is -0.667. The number of anilines is 1. The maximum atomic E-state index is 13.8. The van der Waals surface area contributed by atoms with Gasteiger partial charge in [0.2, 0.25) is 17.8 Å². The summed E-state index contributed by atoms with van der Waals surface area (Å²) in [6.45, 7) is 2.98. The second-order valence-electron chi connectivity index (χ2n) is 23.7. The van der Waals surface area contributed by atoms with Gasteiger partial charge in [-0.1, -0.05) is 72.8 Å². The largest absolute Gasteiger partial charge is 0.497 e. The lowest BCUT2D eigenvalue weighted by Gasteiger charge is -2.38. The number of imidazole rings is 1. The number of hydrogen-bond acceptors (Lipinski definition) is 23. The molecule has 0 bridgehead atoms. The molecule has 10 rings (SSSR count).